The lowest BCUT2D eigenvalue weighted by Crippen LogP contribution is -2.46. The van der Waals surface area contributed by atoms with E-state index >= 15 is 0 Å². The molecular formula is C13H17ClN2O3S. The van der Waals surface area contributed by atoms with E-state index in [1.54, 1.807) is 18.2 Å². The Morgan fingerprint density at radius 1 is 1.50 bits per heavy atom. The van der Waals surface area contributed by atoms with Crippen LogP contribution in [0.2, 0.25) is 5.02 Å². The quantitative estimate of drug-likeness (QED) is 0.883. The van der Waals surface area contributed by atoms with Crippen LogP contribution in [0, 0.1) is 6.92 Å². The van der Waals surface area contributed by atoms with Gasteiger partial charge in [0, 0.05) is 29.7 Å². The van der Waals surface area contributed by atoms with Gasteiger partial charge >= 0.3 is 0 Å². The molecule has 1 heterocycles. The van der Waals surface area contributed by atoms with E-state index in [1.165, 1.54) is 0 Å². The van der Waals surface area contributed by atoms with Crippen LogP contribution in [0.25, 0.3) is 0 Å². The largest absolute Gasteiger partial charge is 0.326 e. The number of sulfone groups is 1. The first-order chi connectivity index (χ1) is 9.35. The molecule has 1 fully saturated rings. The van der Waals surface area contributed by atoms with Crippen LogP contribution in [0.5, 0.6) is 0 Å². The van der Waals surface area contributed by atoms with Gasteiger partial charge < -0.3 is 10.6 Å². The van der Waals surface area contributed by atoms with E-state index in [0.29, 0.717) is 17.3 Å². The van der Waals surface area contributed by atoms with Crippen molar-refractivity contribution < 1.29 is 13.2 Å². The van der Waals surface area contributed by atoms with Gasteiger partial charge in [0.15, 0.2) is 9.84 Å². The highest BCUT2D eigenvalue weighted by Gasteiger charge is 2.26. The summed E-state index contributed by atoms with van der Waals surface area (Å²) < 4.78 is 23.0. The van der Waals surface area contributed by atoms with Gasteiger partial charge in [0.1, 0.15) is 0 Å². The Hall–Kier alpha value is -1.11. The van der Waals surface area contributed by atoms with Crippen molar-refractivity contribution in [3.05, 3.63) is 28.8 Å². The predicted octanol–water partition coefficient (Wildman–Crippen LogP) is 1.36. The molecule has 0 radical (unpaired) electrons. The molecule has 0 bridgehead atoms. The highest BCUT2D eigenvalue weighted by Crippen LogP contribution is 2.20. The lowest BCUT2D eigenvalue weighted by molar-refractivity contribution is -0.116. The molecule has 7 heteroatoms. The molecular weight excluding hydrogens is 300 g/mol. The van der Waals surface area contributed by atoms with Gasteiger partial charge in [-0.25, -0.2) is 8.42 Å². The maximum atomic E-state index is 11.9. The molecule has 0 aliphatic carbocycles. The van der Waals surface area contributed by atoms with Gasteiger partial charge in [-0.2, -0.15) is 0 Å². The minimum atomic E-state index is -3.02. The van der Waals surface area contributed by atoms with E-state index in [0.717, 1.165) is 5.56 Å². The van der Waals surface area contributed by atoms with Gasteiger partial charge in [0.05, 0.1) is 11.5 Å². The van der Waals surface area contributed by atoms with Crippen LogP contribution in [-0.4, -0.2) is 38.4 Å². The van der Waals surface area contributed by atoms with Crippen LogP contribution < -0.4 is 10.6 Å². The molecule has 5 nitrogen and oxygen atoms in total. The van der Waals surface area contributed by atoms with Crippen LogP contribution in [0.15, 0.2) is 18.2 Å². The van der Waals surface area contributed by atoms with E-state index < -0.39 is 9.84 Å². The average Bonchev–Trinajstić information content (AvgIpc) is 2.31. The number of hydrogen-bond donors (Lipinski definition) is 2. The van der Waals surface area contributed by atoms with Gasteiger partial charge in [0.2, 0.25) is 5.91 Å². The Morgan fingerprint density at radius 3 is 2.90 bits per heavy atom. The zero-order valence-electron chi connectivity index (χ0n) is 11.1. The number of anilines is 1. The summed E-state index contributed by atoms with van der Waals surface area (Å²) >= 11 is 5.85. The van der Waals surface area contributed by atoms with E-state index in [1.807, 2.05) is 6.92 Å². The number of nitrogens with one attached hydrogen (secondary N) is 2. The monoisotopic (exact) mass is 316 g/mol. The number of halogens is 1. The maximum absolute atomic E-state index is 11.9. The van der Waals surface area contributed by atoms with Gasteiger partial charge in [-0.05, 0) is 30.7 Å². The number of amides is 1. The van der Waals surface area contributed by atoms with Crippen LogP contribution >= 0.6 is 11.6 Å². The SMILES string of the molecule is Cc1cc(Cl)ccc1NC(=O)CC1CS(=O)(=O)CCN1. The Bertz CT molecular complexity index is 616. The summed E-state index contributed by atoms with van der Waals surface area (Å²) in [6.45, 7) is 2.26. The van der Waals surface area contributed by atoms with Crippen molar-refractivity contribution in [2.24, 2.45) is 0 Å². The minimum absolute atomic E-state index is 0.0139. The van der Waals surface area contributed by atoms with Crippen LogP contribution in [-0.2, 0) is 14.6 Å². The molecule has 1 aliphatic rings. The molecule has 0 aromatic heterocycles. The third-order valence-electron chi connectivity index (χ3n) is 3.20. The summed E-state index contributed by atoms with van der Waals surface area (Å²) in [6, 6.07) is 4.88. The lowest BCUT2D eigenvalue weighted by Gasteiger charge is -2.23. The smallest absolute Gasteiger partial charge is 0.225 e. The number of aryl methyl sites for hydroxylation is 1. The second kappa shape index (κ2) is 6.11. The van der Waals surface area contributed by atoms with E-state index in [-0.39, 0.29) is 29.9 Å². The Labute approximate surface area is 123 Å². The van der Waals surface area contributed by atoms with Crippen LogP contribution in [0.1, 0.15) is 12.0 Å². The second-order valence-electron chi connectivity index (χ2n) is 4.98. The lowest BCUT2D eigenvalue weighted by atomic mass is 10.1. The molecule has 0 spiro atoms. The fourth-order valence-electron chi connectivity index (χ4n) is 2.19. The van der Waals surface area contributed by atoms with Gasteiger partial charge in [0.25, 0.3) is 0 Å². The molecule has 1 aromatic carbocycles. The second-order valence-corrected chi connectivity index (χ2v) is 7.64. The molecule has 1 amide bonds. The van der Waals surface area contributed by atoms with E-state index in [4.69, 9.17) is 11.6 Å². The summed E-state index contributed by atoms with van der Waals surface area (Å²) in [5.41, 5.74) is 1.56. The fourth-order valence-corrected chi connectivity index (χ4v) is 3.86. The Morgan fingerprint density at radius 2 is 2.25 bits per heavy atom. The van der Waals surface area contributed by atoms with E-state index in [2.05, 4.69) is 10.6 Å². The molecule has 110 valence electrons. The first-order valence-corrected chi connectivity index (χ1v) is 8.55. The number of benzene rings is 1. The zero-order valence-corrected chi connectivity index (χ0v) is 12.7. The average molecular weight is 317 g/mol. The van der Waals surface area contributed by atoms with Crippen molar-refractivity contribution in [1.82, 2.24) is 5.32 Å². The summed E-state index contributed by atoms with van der Waals surface area (Å²) in [7, 11) is -3.02. The van der Waals surface area contributed by atoms with E-state index in [9.17, 15) is 13.2 Å². The Balaban J connectivity index is 1.95. The first-order valence-electron chi connectivity index (χ1n) is 6.35. The predicted molar refractivity (Wildman–Crippen MR) is 79.9 cm³/mol. The molecule has 2 rings (SSSR count). The molecule has 1 aromatic rings. The van der Waals surface area contributed by atoms with Gasteiger partial charge in [-0.15, -0.1) is 0 Å². The molecule has 1 saturated heterocycles. The van der Waals surface area contributed by atoms with Crippen molar-refractivity contribution >= 4 is 33.0 Å². The highest BCUT2D eigenvalue weighted by atomic mass is 35.5. The minimum Gasteiger partial charge on any atom is -0.326 e. The van der Waals surface area contributed by atoms with Crippen molar-refractivity contribution in [3.8, 4) is 0 Å². The molecule has 0 saturated carbocycles. The summed E-state index contributed by atoms with van der Waals surface area (Å²) in [5.74, 6) is -0.0495. The number of rotatable bonds is 3. The third-order valence-corrected chi connectivity index (χ3v) is 5.17. The number of hydrogen-bond acceptors (Lipinski definition) is 4. The molecule has 2 N–H and O–H groups in total. The number of carbonyl (C=O) groups excluding carboxylic acids is 1. The standard InChI is InChI=1S/C13H17ClN2O3S/c1-9-6-10(14)2-3-12(9)16-13(17)7-11-8-20(18,19)5-4-15-11/h2-3,6,11,15H,4-5,7-8H2,1H3,(H,16,17). The van der Waals surface area contributed by atoms with Gasteiger partial charge in [-0.3, -0.25) is 4.79 Å². The normalized spacial score (nSPS) is 21.4. The molecule has 20 heavy (non-hydrogen) atoms. The van der Waals surface area contributed by atoms with Crippen LogP contribution in [0.3, 0.4) is 0 Å². The third kappa shape index (κ3) is 4.19. The van der Waals surface area contributed by atoms with Crippen molar-refractivity contribution in [2.45, 2.75) is 19.4 Å². The maximum Gasteiger partial charge on any atom is 0.225 e. The van der Waals surface area contributed by atoms with Crippen molar-refractivity contribution in [1.29, 1.82) is 0 Å². The molecule has 1 aliphatic heterocycles. The van der Waals surface area contributed by atoms with Crippen molar-refractivity contribution in [3.63, 3.8) is 0 Å². The summed E-state index contributed by atoms with van der Waals surface area (Å²) in [5, 5.41) is 6.45. The molecule has 1 unspecified atom stereocenters. The van der Waals surface area contributed by atoms with Gasteiger partial charge in [-0.1, -0.05) is 11.6 Å². The van der Waals surface area contributed by atoms with Crippen molar-refractivity contribution in [2.75, 3.05) is 23.4 Å². The highest BCUT2D eigenvalue weighted by molar-refractivity contribution is 7.91. The fraction of sp³-hybridized carbons (Fsp3) is 0.462. The zero-order chi connectivity index (χ0) is 14.8. The summed E-state index contributed by atoms with van der Waals surface area (Å²) in [6.07, 6.45) is 0.140. The summed E-state index contributed by atoms with van der Waals surface area (Å²) in [4.78, 5) is 11.9. The van der Waals surface area contributed by atoms with Crippen LogP contribution in [0.4, 0.5) is 5.69 Å². The number of carbonyl (C=O) groups is 1. The topological polar surface area (TPSA) is 75.3 Å². The first kappa shape index (κ1) is 15.3. The Kier molecular flexibility index (Phi) is 4.67. The molecule has 1 atom stereocenters.